The summed E-state index contributed by atoms with van der Waals surface area (Å²) >= 11 is 17.8. The molecule has 0 spiro atoms. The maximum absolute atomic E-state index is 6.11. The van der Waals surface area contributed by atoms with Crippen LogP contribution in [0, 0.1) is 0 Å². The van der Waals surface area contributed by atoms with Crippen molar-refractivity contribution in [3.8, 4) is 0 Å². The molecule has 1 unspecified atom stereocenters. The van der Waals surface area contributed by atoms with Crippen molar-refractivity contribution < 1.29 is 4.74 Å². The summed E-state index contributed by atoms with van der Waals surface area (Å²) in [5, 5.41) is 1.03. The van der Waals surface area contributed by atoms with Gasteiger partial charge in [-0.2, -0.15) is 0 Å². The van der Waals surface area contributed by atoms with E-state index < -0.39 is 0 Å². The van der Waals surface area contributed by atoms with Crippen LogP contribution in [0.2, 0.25) is 10.0 Å². The summed E-state index contributed by atoms with van der Waals surface area (Å²) in [7, 11) is 0. The summed E-state index contributed by atoms with van der Waals surface area (Å²) in [6.07, 6.45) is 2.40. The minimum atomic E-state index is -0.0720. The molecule has 1 atom stereocenters. The monoisotopic (exact) mass is 278 g/mol. The fourth-order valence-electron chi connectivity index (χ4n) is 1.26. The van der Waals surface area contributed by atoms with Crippen LogP contribution in [0.4, 0.5) is 0 Å². The summed E-state index contributed by atoms with van der Waals surface area (Å²) in [6.45, 7) is 4.57. The number of rotatable bonds is 6. The Kier molecular flexibility index (Phi) is 6.22. The predicted molar refractivity (Wildman–Crippen MR) is 70.8 cm³/mol. The van der Waals surface area contributed by atoms with Crippen LogP contribution < -0.4 is 0 Å². The van der Waals surface area contributed by atoms with Crippen LogP contribution in [0.1, 0.15) is 5.56 Å². The SMILES string of the molecule is C=CCOCC(Cl)Cc1ccc(Cl)c(Cl)c1. The Labute approximate surface area is 111 Å². The molecule has 0 amide bonds. The first-order valence-corrected chi connectivity index (χ1v) is 6.09. The van der Waals surface area contributed by atoms with Gasteiger partial charge in [-0.25, -0.2) is 0 Å². The Morgan fingerprint density at radius 2 is 2.06 bits per heavy atom. The second-order valence-electron chi connectivity index (χ2n) is 3.38. The van der Waals surface area contributed by atoms with Gasteiger partial charge in [-0.15, -0.1) is 18.2 Å². The third kappa shape index (κ3) is 4.75. The molecule has 1 rings (SSSR count). The van der Waals surface area contributed by atoms with Crippen molar-refractivity contribution >= 4 is 34.8 Å². The Hall–Kier alpha value is -0.210. The van der Waals surface area contributed by atoms with E-state index in [2.05, 4.69) is 6.58 Å². The van der Waals surface area contributed by atoms with Crippen LogP contribution >= 0.6 is 34.8 Å². The second-order valence-corrected chi connectivity index (χ2v) is 4.81. The molecule has 16 heavy (non-hydrogen) atoms. The smallest absolute Gasteiger partial charge is 0.0645 e. The van der Waals surface area contributed by atoms with Gasteiger partial charge in [0.1, 0.15) is 0 Å². The minimum absolute atomic E-state index is 0.0720. The van der Waals surface area contributed by atoms with Gasteiger partial charge in [0.2, 0.25) is 0 Å². The molecule has 0 bridgehead atoms. The minimum Gasteiger partial charge on any atom is -0.376 e. The molecule has 1 aromatic carbocycles. The molecule has 0 aliphatic carbocycles. The van der Waals surface area contributed by atoms with Gasteiger partial charge < -0.3 is 4.74 Å². The van der Waals surface area contributed by atoms with Gasteiger partial charge in [-0.05, 0) is 24.1 Å². The Bertz CT molecular complexity index is 352. The van der Waals surface area contributed by atoms with Gasteiger partial charge in [0.15, 0.2) is 0 Å². The van der Waals surface area contributed by atoms with E-state index in [0.717, 1.165) is 5.56 Å². The zero-order chi connectivity index (χ0) is 12.0. The Morgan fingerprint density at radius 3 is 2.69 bits per heavy atom. The van der Waals surface area contributed by atoms with E-state index in [9.17, 15) is 0 Å². The largest absolute Gasteiger partial charge is 0.376 e. The molecule has 1 aromatic rings. The summed E-state index contributed by atoms with van der Waals surface area (Å²) in [5.41, 5.74) is 1.05. The van der Waals surface area contributed by atoms with Crippen LogP contribution in [0.5, 0.6) is 0 Å². The first-order valence-electron chi connectivity index (χ1n) is 4.90. The summed E-state index contributed by atoms with van der Waals surface area (Å²) in [5.74, 6) is 0. The first-order chi connectivity index (χ1) is 7.63. The fourth-order valence-corrected chi connectivity index (χ4v) is 1.85. The molecule has 0 aliphatic heterocycles. The van der Waals surface area contributed by atoms with Crippen molar-refractivity contribution in [3.63, 3.8) is 0 Å². The number of hydrogen-bond donors (Lipinski definition) is 0. The number of ether oxygens (including phenoxy) is 1. The highest BCUT2D eigenvalue weighted by Gasteiger charge is 2.07. The molecule has 4 heteroatoms. The maximum Gasteiger partial charge on any atom is 0.0645 e. The third-order valence-electron chi connectivity index (χ3n) is 1.98. The molecular formula is C12H13Cl3O. The van der Waals surface area contributed by atoms with Gasteiger partial charge in [-0.3, -0.25) is 0 Å². The van der Waals surface area contributed by atoms with Gasteiger partial charge in [0, 0.05) is 0 Å². The summed E-state index contributed by atoms with van der Waals surface area (Å²) in [6, 6.07) is 5.51. The highest BCUT2D eigenvalue weighted by molar-refractivity contribution is 6.42. The van der Waals surface area contributed by atoms with Crippen LogP contribution in [-0.4, -0.2) is 18.6 Å². The number of alkyl halides is 1. The lowest BCUT2D eigenvalue weighted by molar-refractivity contribution is 0.162. The molecule has 0 aliphatic rings. The standard InChI is InChI=1S/C12H13Cl3O/c1-2-5-16-8-10(13)6-9-3-4-11(14)12(15)7-9/h2-4,7,10H,1,5-6,8H2. The van der Waals surface area contributed by atoms with Crippen molar-refractivity contribution in [3.05, 3.63) is 46.5 Å². The van der Waals surface area contributed by atoms with Crippen LogP contribution in [0.25, 0.3) is 0 Å². The molecular weight excluding hydrogens is 266 g/mol. The van der Waals surface area contributed by atoms with Crippen molar-refractivity contribution in [2.45, 2.75) is 11.8 Å². The fraction of sp³-hybridized carbons (Fsp3) is 0.333. The molecule has 0 radical (unpaired) electrons. The lowest BCUT2D eigenvalue weighted by Gasteiger charge is -2.10. The van der Waals surface area contributed by atoms with Crippen molar-refractivity contribution in [1.29, 1.82) is 0 Å². The van der Waals surface area contributed by atoms with E-state index in [1.54, 1.807) is 12.1 Å². The van der Waals surface area contributed by atoms with Gasteiger partial charge in [0.25, 0.3) is 0 Å². The zero-order valence-electron chi connectivity index (χ0n) is 8.76. The van der Waals surface area contributed by atoms with E-state index in [-0.39, 0.29) is 5.38 Å². The first kappa shape index (κ1) is 13.9. The van der Waals surface area contributed by atoms with Crippen LogP contribution in [-0.2, 0) is 11.2 Å². The summed E-state index contributed by atoms with van der Waals surface area (Å²) < 4.78 is 5.26. The van der Waals surface area contributed by atoms with E-state index in [0.29, 0.717) is 29.7 Å². The van der Waals surface area contributed by atoms with Crippen molar-refractivity contribution in [2.75, 3.05) is 13.2 Å². The topological polar surface area (TPSA) is 9.23 Å². The molecule has 0 saturated carbocycles. The van der Waals surface area contributed by atoms with E-state index >= 15 is 0 Å². The highest BCUT2D eigenvalue weighted by atomic mass is 35.5. The van der Waals surface area contributed by atoms with Crippen molar-refractivity contribution in [2.24, 2.45) is 0 Å². The number of halogens is 3. The quantitative estimate of drug-likeness (QED) is 0.427. The predicted octanol–water partition coefficient (Wildman–Crippen LogP) is 4.35. The lowest BCUT2D eigenvalue weighted by Crippen LogP contribution is -2.12. The Morgan fingerprint density at radius 1 is 1.31 bits per heavy atom. The average molecular weight is 280 g/mol. The normalized spacial score (nSPS) is 12.4. The lowest BCUT2D eigenvalue weighted by atomic mass is 10.1. The number of hydrogen-bond acceptors (Lipinski definition) is 1. The Balaban J connectivity index is 2.46. The van der Waals surface area contributed by atoms with Gasteiger partial charge in [0.05, 0.1) is 28.6 Å². The molecule has 0 saturated heterocycles. The van der Waals surface area contributed by atoms with E-state index in [1.807, 2.05) is 12.1 Å². The highest BCUT2D eigenvalue weighted by Crippen LogP contribution is 2.23. The molecule has 0 heterocycles. The van der Waals surface area contributed by atoms with Gasteiger partial charge >= 0.3 is 0 Å². The third-order valence-corrected chi connectivity index (χ3v) is 2.99. The number of benzene rings is 1. The molecule has 0 aromatic heterocycles. The van der Waals surface area contributed by atoms with E-state index in [1.165, 1.54) is 0 Å². The molecule has 0 N–H and O–H groups in total. The maximum atomic E-state index is 6.11. The molecule has 0 fully saturated rings. The molecule has 88 valence electrons. The zero-order valence-corrected chi connectivity index (χ0v) is 11.0. The van der Waals surface area contributed by atoms with Crippen LogP contribution in [0.15, 0.2) is 30.9 Å². The van der Waals surface area contributed by atoms with E-state index in [4.69, 9.17) is 39.5 Å². The molecule has 1 nitrogen and oxygen atoms in total. The summed E-state index contributed by atoms with van der Waals surface area (Å²) in [4.78, 5) is 0. The van der Waals surface area contributed by atoms with Crippen LogP contribution in [0.3, 0.4) is 0 Å². The average Bonchev–Trinajstić information content (AvgIpc) is 2.24. The van der Waals surface area contributed by atoms with Gasteiger partial charge in [-0.1, -0.05) is 35.3 Å². The second kappa shape index (κ2) is 7.18. The van der Waals surface area contributed by atoms with Crippen molar-refractivity contribution in [1.82, 2.24) is 0 Å².